The second-order valence-corrected chi connectivity index (χ2v) is 6.14. The molecule has 1 aromatic carbocycles. The molecule has 0 spiro atoms. The van der Waals surface area contributed by atoms with Crippen LogP contribution in [0.1, 0.15) is 33.5 Å². The Bertz CT molecular complexity index is 618. The fourth-order valence-electron chi connectivity index (χ4n) is 2.03. The molecule has 118 valence electrons. The topological polar surface area (TPSA) is 59.1 Å². The lowest BCUT2D eigenvalue weighted by Gasteiger charge is -2.21. The van der Waals surface area contributed by atoms with Crippen LogP contribution in [0.2, 0.25) is 0 Å². The first-order valence-corrected chi connectivity index (χ1v) is 7.49. The first-order chi connectivity index (χ1) is 10.4. The first kappa shape index (κ1) is 16.1. The second kappa shape index (κ2) is 6.64. The van der Waals surface area contributed by atoms with Gasteiger partial charge >= 0.3 is 0 Å². The highest BCUT2D eigenvalue weighted by molar-refractivity contribution is 5.60. The Balaban J connectivity index is 2.15. The zero-order valence-electron chi connectivity index (χ0n) is 13.9. The molecule has 5 nitrogen and oxygen atoms in total. The van der Waals surface area contributed by atoms with Gasteiger partial charge in [-0.3, -0.25) is 0 Å². The third-order valence-corrected chi connectivity index (χ3v) is 2.78. The highest BCUT2D eigenvalue weighted by atomic mass is 16.5. The molecule has 0 radical (unpaired) electrons. The highest BCUT2D eigenvalue weighted by Crippen LogP contribution is 2.21. The Hall–Kier alpha value is -2.30. The Labute approximate surface area is 132 Å². The summed E-state index contributed by atoms with van der Waals surface area (Å²) in [6.45, 7) is 10.8. The van der Waals surface area contributed by atoms with Gasteiger partial charge in [-0.15, -0.1) is 0 Å². The maximum atomic E-state index is 5.44. The molecule has 2 aromatic rings. The van der Waals surface area contributed by atoms with Gasteiger partial charge in [-0.2, -0.15) is 0 Å². The maximum Gasteiger partial charge on any atom is 0.136 e. The van der Waals surface area contributed by atoms with Gasteiger partial charge < -0.3 is 15.4 Å². The molecule has 0 fully saturated rings. The molecule has 2 N–H and O–H groups in total. The quantitative estimate of drug-likeness (QED) is 0.869. The molecule has 1 aromatic heterocycles. The van der Waals surface area contributed by atoms with Crippen molar-refractivity contribution in [2.45, 2.75) is 40.2 Å². The Morgan fingerprint density at radius 3 is 2.27 bits per heavy atom. The fraction of sp³-hybridized carbons (Fsp3) is 0.412. The summed E-state index contributed by atoms with van der Waals surface area (Å²) in [5.74, 6) is 3.17. The van der Waals surface area contributed by atoms with Crippen molar-refractivity contribution in [3.8, 4) is 5.75 Å². The minimum atomic E-state index is -0.0444. The van der Waals surface area contributed by atoms with Crippen molar-refractivity contribution in [2.75, 3.05) is 17.2 Å². The van der Waals surface area contributed by atoms with Gasteiger partial charge in [0.25, 0.3) is 0 Å². The molecule has 0 saturated heterocycles. The molecule has 0 aliphatic heterocycles. The van der Waals surface area contributed by atoms with Crippen molar-refractivity contribution < 1.29 is 4.74 Å². The van der Waals surface area contributed by atoms with E-state index < -0.39 is 0 Å². The molecule has 22 heavy (non-hydrogen) atoms. The number of ether oxygens (including phenoxy) is 1. The Morgan fingerprint density at radius 1 is 1.05 bits per heavy atom. The number of nitrogens with zero attached hydrogens (tertiary/aromatic N) is 2. The van der Waals surface area contributed by atoms with Gasteiger partial charge in [-0.05, 0) is 58.9 Å². The number of aromatic nitrogens is 2. The van der Waals surface area contributed by atoms with E-state index in [2.05, 4.69) is 41.4 Å². The first-order valence-electron chi connectivity index (χ1n) is 7.49. The van der Waals surface area contributed by atoms with Gasteiger partial charge in [0, 0.05) is 17.3 Å². The SMILES string of the molecule is CCOc1ccc(Nc2cc(NC(C)(C)C)nc(C)n2)cc1. The van der Waals surface area contributed by atoms with Crippen molar-refractivity contribution >= 4 is 17.3 Å². The molecular formula is C17H24N4O. The van der Waals surface area contributed by atoms with E-state index in [4.69, 9.17) is 4.74 Å². The minimum absolute atomic E-state index is 0.0444. The van der Waals surface area contributed by atoms with E-state index >= 15 is 0 Å². The number of anilines is 3. The highest BCUT2D eigenvalue weighted by Gasteiger charge is 2.11. The average Bonchev–Trinajstić information content (AvgIpc) is 2.38. The molecule has 1 heterocycles. The number of rotatable bonds is 5. The molecule has 0 unspecified atom stereocenters. The Morgan fingerprint density at radius 2 is 1.68 bits per heavy atom. The van der Waals surface area contributed by atoms with Crippen molar-refractivity contribution in [3.63, 3.8) is 0 Å². The molecule has 0 bridgehead atoms. The van der Waals surface area contributed by atoms with Crippen molar-refractivity contribution in [1.82, 2.24) is 9.97 Å². The van der Waals surface area contributed by atoms with Crippen LogP contribution in [0.15, 0.2) is 30.3 Å². The summed E-state index contributed by atoms with van der Waals surface area (Å²) in [7, 11) is 0. The van der Waals surface area contributed by atoms with E-state index in [0.717, 1.165) is 28.9 Å². The van der Waals surface area contributed by atoms with Gasteiger partial charge in [0.1, 0.15) is 23.2 Å². The fourth-order valence-corrected chi connectivity index (χ4v) is 2.03. The van der Waals surface area contributed by atoms with Crippen LogP contribution in [0.3, 0.4) is 0 Å². The second-order valence-electron chi connectivity index (χ2n) is 6.14. The van der Waals surface area contributed by atoms with E-state index in [1.54, 1.807) is 0 Å². The minimum Gasteiger partial charge on any atom is -0.494 e. The van der Waals surface area contributed by atoms with Crippen molar-refractivity contribution in [2.24, 2.45) is 0 Å². The van der Waals surface area contributed by atoms with Gasteiger partial charge in [-0.25, -0.2) is 9.97 Å². The van der Waals surface area contributed by atoms with Crippen LogP contribution in [0.5, 0.6) is 5.75 Å². The molecule has 0 aliphatic carbocycles. The third-order valence-electron chi connectivity index (χ3n) is 2.78. The molecule has 0 aliphatic rings. The standard InChI is InChI=1S/C17H24N4O/c1-6-22-14-9-7-13(8-10-14)20-15-11-16(19-12(2)18-15)21-17(3,4)5/h7-11H,6H2,1-5H3,(H2,18,19,20,21). The molecule has 2 rings (SSSR count). The van der Waals surface area contributed by atoms with E-state index in [0.29, 0.717) is 6.61 Å². The summed E-state index contributed by atoms with van der Waals surface area (Å²) in [5.41, 5.74) is 0.917. The number of benzene rings is 1. The summed E-state index contributed by atoms with van der Waals surface area (Å²) in [6, 6.07) is 9.73. The van der Waals surface area contributed by atoms with E-state index in [9.17, 15) is 0 Å². The third kappa shape index (κ3) is 4.91. The maximum absolute atomic E-state index is 5.44. The summed E-state index contributed by atoms with van der Waals surface area (Å²) in [5, 5.41) is 6.66. The summed E-state index contributed by atoms with van der Waals surface area (Å²) in [6.07, 6.45) is 0. The zero-order valence-corrected chi connectivity index (χ0v) is 13.9. The van der Waals surface area contributed by atoms with Crippen LogP contribution in [-0.4, -0.2) is 22.1 Å². The van der Waals surface area contributed by atoms with Gasteiger partial charge in [0.05, 0.1) is 6.61 Å². The van der Waals surface area contributed by atoms with Crippen LogP contribution >= 0.6 is 0 Å². The summed E-state index contributed by atoms with van der Waals surface area (Å²) < 4.78 is 5.44. The average molecular weight is 300 g/mol. The van der Waals surface area contributed by atoms with Gasteiger partial charge in [0.2, 0.25) is 0 Å². The van der Waals surface area contributed by atoms with E-state index in [-0.39, 0.29) is 5.54 Å². The lowest BCUT2D eigenvalue weighted by atomic mass is 10.1. The normalized spacial score (nSPS) is 11.1. The van der Waals surface area contributed by atoms with Crippen LogP contribution in [-0.2, 0) is 0 Å². The van der Waals surface area contributed by atoms with Crippen molar-refractivity contribution in [3.05, 3.63) is 36.2 Å². The van der Waals surface area contributed by atoms with E-state index in [1.165, 1.54) is 0 Å². The van der Waals surface area contributed by atoms with E-state index in [1.807, 2.05) is 44.2 Å². The summed E-state index contributed by atoms with van der Waals surface area (Å²) >= 11 is 0. The van der Waals surface area contributed by atoms with Crippen LogP contribution in [0.25, 0.3) is 0 Å². The number of nitrogens with one attached hydrogen (secondary N) is 2. The predicted molar refractivity (Wildman–Crippen MR) is 91.0 cm³/mol. The van der Waals surface area contributed by atoms with Crippen LogP contribution in [0, 0.1) is 6.92 Å². The number of hydrogen-bond acceptors (Lipinski definition) is 5. The van der Waals surface area contributed by atoms with Gasteiger partial charge in [-0.1, -0.05) is 0 Å². The largest absolute Gasteiger partial charge is 0.494 e. The molecule has 0 amide bonds. The lowest BCUT2D eigenvalue weighted by Crippen LogP contribution is -2.26. The predicted octanol–water partition coefficient (Wildman–Crippen LogP) is 4.14. The van der Waals surface area contributed by atoms with Crippen molar-refractivity contribution in [1.29, 1.82) is 0 Å². The summed E-state index contributed by atoms with van der Waals surface area (Å²) in [4.78, 5) is 8.84. The smallest absolute Gasteiger partial charge is 0.136 e. The number of hydrogen-bond donors (Lipinski definition) is 2. The molecule has 5 heteroatoms. The Kier molecular flexibility index (Phi) is 4.85. The lowest BCUT2D eigenvalue weighted by molar-refractivity contribution is 0.340. The van der Waals surface area contributed by atoms with Gasteiger partial charge in [0.15, 0.2) is 0 Å². The monoisotopic (exact) mass is 300 g/mol. The zero-order chi connectivity index (χ0) is 16.2. The van der Waals surface area contributed by atoms with Crippen LogP contribution < -0.4 is 15.4 Å². The van der Waals surface area contributed by atoms with Crippen LogP contribution in [0.4, 0.5) is 17.3 Å². The molecular weight excluding hydrogens is 276 g/mol. The molecule has 0 saturated carbocycles. The number of aryl methyl sites for hydroxylation is 1. The molecule has 0 atom stereocenters.